The minimum Gasteiger partial charge on any atom is -0.504 e. The molecule has 0 saturated carbocycles. The largest absolute Gasteiger partial charge is 0.504 e. The predicted molar refractivity (Wildman–Crippen MR) is 80.2 cm³/mol. The number of hydrogen-bond acceptors (Lipinski definition) is 3. The van der Waals surface area contributed by atoms with Gasteiger partial charge in [0.25, 0.3) is 0 Å². The van der Waals surface area contributed by atoms with Crippen LogP contribution < -0.4 is 0 Å². The first-order valence-corrected chi connectivity index (χ1v) is 6.80. The molecule has 1 aliphatic rings. The molecule has 0 radical (unpaired) electrons. The van der Waals surface area contributed by atoms with E-state index in [4.69, 9.17) is 11.6 Å². The van der Waals surface area contributed by atoms with Gasteiger partial charge < -0.3 is 5.11 Å². The van der Waals surface area contributed by atoms with Crippen molar-refractivity contribution in [3.05, 3.63) is 76.5 Å². The molecular formula is C17H11ClO3. The molecule has 0 amide bonds. The van der Waals surface area contributed by atoms with E-state index in [0.29, 0.717) is 16.1 Å². The quantitative estimate of drug-likeness (QED) is 0.863. The zero-order chi connectivity index (χ0) is 15.0. The fraction of sp³-hybridized carbons (Fsp3) is 0.0588. The van der Waals surface area contributed by atoms with E-state index in [9.17, 15) is 14.7 Å². The maximum absolute atomic E-state index is 12.5. The smallest absolute Gasteiger partial charge is 0.213 e. The second-order valence-corrected chi connectivity index (χ2v) is 5.24. The highest BCUT2D eigenvalue weighted by atomic mass is 35.5. The second-order valence-electron chi connectivity index (χ2n) is 4.80. The van der Waals surface area contributed by atoms with Crippen molar-refractivity contribution in [1.82, 2.24) is 0 Å². The van der Waals surface area contributed by atoms with Crippen molar-refractivity contribution in [1.29, 1.82) is 0 Å². The van der Waals surface area contributed by atoms with Gasteiger partial charge in [-0.3, -0.25) is 9.59 Å². The predicted octanol–water partition coefficient (Wildman–Crippen LogP) is 3.54. The molecule has 0 heterocycles. The molecule has 3 rings (SSSR count). The summed E-state index contributed by atoms with van der Waals surface area (Å²) in [5, 5.41) is 10.6. The van der Waals surface area contributed by atoms with Crippen molar-refractivity contribution in [2.75, 3.05) is 0 Å². The van der Waals surface area contributed by atoms with E-state index in [-0.39, 0.29) is 11.4 Å². The van der Waals surface area contributed by atoms with Gasteiger partial charge in [-0.1, -0.05) is 54.1 Å². The molecule has 0 aliphatic heterocycles. The van der Waals surface area contributed by atoms with Crippen LogP contribution in [-0.4, -0.2) is 16.7 Å². The summed E-state index contributed by atoms with van der Waals surface area (Å²) in [5.41, 5.74) is 1.16. The number of hydrogen-bond donors (Lipinski definition) is 1. The molecule has 1 unspecified atom stereocenters. The van der Waals surface area contributed by atoms with Gasteiger partial charge in [0, 0.05) is 5.02 Å². The highest BCUT2D eigenvalue weighted by Gasteiger charge is 2.42. The van der Waals surface area contributed by atoms with Gasteiger partial charge in [-0.25, -0.2) is 0 Å². The molecule has 21 heavy (non-hydrogen) atoms. The van der Waals surface area contributed by atoms with Crippen molar-refractivity contribution >= 4 is 28.7 Å². The van der Waals surface area contributed by atoms with Gasteiger partial charge in [-0.2, -0.15) is 0 Å². The first kappa shape index (κ1) is 13.6. The summed E-state index contributed by atoms with van der Waals surface area (Å²) in [7, 11) is 0. The highest BCUT2D eigenvalue weighted by molar-refractivity contribution is 6.41. The van der Waals surface area contributed by atoms with Crippen LogP contribution in [0.2, 0.25) is 5.02 Å². The molecule has 2 aromatic carbocycles. The number of benzene rings is 2. The molecule has 4 heteroatoms. The molecule has 2 aromatic rings. The summed E-state index contributed by atoms with van der Waals surface area (Å²) in [6.45, 7) is 0. The van der Waals surface area contributed by atoms with Crippen LogP contribution >= 0.6 is 11.6 Å². The molecule has 0 aromatic heterocycles. The maximum atomic E-state index is 12.5. The third-order valence-corrected chi connectivity index (χ3v) is 3.76. The lowest BCUT2D eigenvalue weighted by molar-refractivity contribution is -0.123. The average molecular weight is 299 g/mol. The molecule has 104 valence electrons. The first-order valence-electron chi connectivity index (χ1n) is 6.42. The van der Waals surface area contributed by atoms with E-state index in [2.05, 4.69) is 0 Å². The third-order valence-electron chi connectivity index (χ3n) is 3.51. The fourth-order valence-corrected chi connectivity index (χ4v) is 2.61. The van der Waals surface area contributed by atoms with Crippen LogP contribution in [0.25, 0.3) is 5.57 Å². The zero-order valence-corrected chi connectivity index (χ0v) is 11.7. The Labute approximate surface area is 126 Å². The van der Waals surface area contributed by atoms with E-state index >= 15 is 0 Å². The van der Waals surface area contributed by atoms with Crippen LogP contribution in [0.3, 0.4) is 0 Å². The van der Waals surface area contributed by atoms with E-state index in [1.54, 1.807) is 54.6 Å². The second kappa shape index (κ2) is 5.19. The van der Waals surface area contributed by atoms with Crippen LogP contribution in [0.4, 0.5) is 0 Å². The maximum Gasteiger partial charge on any atom is 0.213 e. The van der Waals surface area contributed by atoms with Crippen molar-refractivity contribution in [2.45, 2.75) is 5.92 Å². The SMILES string of the molecule is O=C1C(O)=C(c2ccccc2)C(=O)C1c1ccc(Cl)cc1. The third kappa shape index (κ3) is 2.26. The molecular weight excluding hydrogens is 288 g/mol. The molecule has 0 fully saturated rings. The van der Waals surface area contributed by atoms with E-state index in [1.165, 1.54) is 0 Å². The lowest BCUT2D eigenvalue weighted by Crippen LogP contribution is -2.15. The Morgan fingerprint density at radius 2 is 1.48 bits per heavy atom. The first-order chi connectivity index (χ1) is 10.1. The molecule has 0 saturated heterocycles. The van der Waals surface area contributed by atoms with Gasteiger partial charge in [0.15, 0.2) is 11.5 Å². The van der Waals surface area contributed by atoms with E-state index < -0.39 is 17.5 Å². The Bertz CT molecular complexity index is 745. The number of halogens is 1. The lowest BCUT2D eigenvalue weighted by atomic mass is 9.92. The molecule has 1 atom stereocenters. The van der Waals surface area contributed by atoms with Crippen LogP contribution in [0.1, 0.15) is 17.0 Å². The van der Waals surface area contributed by atoms with Crippen molar-refractivity contribution in [3.8, 4) is 0 Å². The Morgan fingerprint density at radius 3 is 2.10 bits per heavy atom. The highest BCUT2D eigenvalue weighted by Crippen LogP contribution is 2.37. The Hall–Kier alpha value is -2.39. The Kier molecular flexibility index (Phi) is 3.35. The minimum atomic E-state index is -0.988. The summed E-state index contributed by atoms with van der Waals surface area (Å²) < 4.78 is 0. The number of ketones is 2. The number of allylic oxidation sites excluding steroid dienone is 2. The van der Waals surface area contributed by atoms with Gasteiger partial charge in [0.2, 0.25) is 5.78 Å². The number of aliphatic hydroxyl groups excluding tert-OH is 1. The molecule has 1 N–H and O–H groups in total. The average Bonchev–Trinajstić information content (AvgIpc) is 2.72. The van der Waals surface area contributed by atoms with Crippen molar-refractivity contribution < 1.29 is 14.7 Å². The Morgan fingerprint density at radius 1 is 0.857 bits per heavy atom. The van der Waals surface area contributed by atoms with E-state index in [1.807, 2.05) is 0 Å². The van der Waals surface area contributed by atoms with E-state index in [0.717, 1.165) is 0 Å². The monoisotopic (exact) mass is 298 g/mol. The number of Topliss-reactive ketones (excluding diaryl/α,β-unsaturated/α-hetero) is 2. The summed E-state index contributed by atoms with van der Waals surface area (Å²) in [4.78, 5) is 24.8. The summed E-state index contributed by atoms with van der Waals surface area (Å²) >= 11 is 5.81. The zero-order valence-electron chi connectivity index (χ0n) is 10.9. The summed E-state index contributed by atoms with van der Waals surface area (Å²) in [5.74, 6) is -2.41. The van der Waals surface area contributed by atoms with Gasteiger partial charge in [0.05, 0.1) is 5.57 Å². The molecule has 0 bridgehead atoms. The standard InChI is InChI=1S/C17H11ClO3/c18-12-8-6-11(7-9-12)14-15(19)13(16(20)17(14)21)10-4-2-1-3-5-10/h1-9,14,20H. The summed E-state index contributed by atoms with van der Waals surface area (Å²) in [6.07, 6.45) is 0. The van der Waals surface area contributed by atoms with Gasteiger partial charge in [-0.05, 0) is 23.3 Å². The Balaban J connectivity index is 2.04. The number of rotatable bonds is 2. The number of carbonyl (C=O) groups is 2. The molecule has 0 spiro atoms. The summed E-state index contributed by atoms with van der Waals surface area (Å²) in [6, 6.07) is 15.2. The van der Waals surface area contributed by atoms with Crippen LogP contribution in [0.5, 0.6) is 0 Å². The normalized spacial score (nSPS) is 18.4. The van der Waals surface area contributed by atoms with Gasteiger partial charge in [-0.15, -0.1) is 0 Å². The van der Waals surface area contributed by atoms with Crippen LogP contribution in [-0.2, 0) is 9.59 Å². The number of carbonyl (C=O) groups excluding carboxylic acids is 2. The van der Waals surface area contributed by atoms with Crippen molar-refractivity contribution in [2.24, 2.45) is 0 Å². The van der Waals surface area contributed by atoms with Crippen molar-refractivity contribution in [3.63, 3.8) is 0 Å². The minimum absolute atomic E-state index is 0.0838. The fourth-order valence-electron chi connectivity index (χ4n) is 2.48. The van der Waals surface area contributed by atoms with Gasteiger partial charge in [0.1, 0.15) is 5.92 Å². The molecule has 3 nitrogen and oxygen atoms in total. The topological polar surface area (TPSA) is 54.4 Å². The molecule has 1 aliphatic carbocycles. The van der Waals surface area contributed by atoms with Crippen LogP contribution in [0.15, 0.2) is 60.4 Å². The van der Waals surface area contributed by atoms with Gasteiger partial charge >= 0.3 is 0 Å². The number of aliphatic hydroxyl groups is 1. The lowest BCUT2D eigenvalue weighted by Gasteiger charge is -2.08. The van der Waals surface area contributed by atoms with Crippen LogP contribution in [0, 0.1) is 0 Å².